The molecule has 9 nitrogen and oxygen atoms in total. The first-order chi connectivity index (χ1) is 15.5. The van der Waals surface area contributed by atoms with Crippen LogP contribution in [0.25, 0.3) is 16.9 Å². The standard InChI is InChI=1S/C23H21N5O4/c1-27(17-6-4-5-7-19(17)31-2)22(29)16-9-11-21-25-13-18(28(21)14-16)15-8-10-20(24-12-15)26-23(30)32-3/h4-14H,1-3H3,(H,24,26,30). The molecule has 0 radical (unpaired) electrons. The second kappa shape index (κ2) is 8.76. The maximum Gasteiger partial charge on any atom is 0.412 e. The van der Waals surface area contributed by atoms with Gasteiger partial charge in [0.25, 0.3) is 5.91 Å². The van der Waals surface area contributed by atoms with Gasteiger partial charge in [-0.3, -0.25) is 14.5 Å². The molecule has 4 aromatic rings. The predicted molar refractivity (Wildman–Crippen MR) is 120 cm³/mol. The zero-order chi connectivity index (χ0) is 22.7. The van der Waals surface area contributed by atoms with E-state index < -0.39 is 6.09 Å². The fourth-order valence-electron chi connectivity index (χ4n) is 3.31. The van der Waals surface area contributed by atoms with Gasteiger partial charge in [0.15, 0.2) is 0 Å². The molecule has 1 aromatic carbocycles. The topological polar surface area (TPSA) is 98.1 Å². The molecule has 0 aliphatic carbocycles. The van der Waals surface area contributed by atoms with Gasteiger partial charge in [-0.1, -0.05) is 12.1 Å². The SMILES string of the molecule is COC(=O)Nc1ccc(-c2cnc3ccc(C(=O)N(C)c4ccccc4OC)cn23)cn1. The summed E-state index contributed by atoms with van der Waals surface area (Å²) in [5.74, 6) is 0.787. The summed E-state index contributed by atoms with van der Waals surface area (Å²) in [6.45, 7) is 0. The number of carbonyl (C=O) groups is 2. The van der Waals surface area contributed by atoms with Crippen LogP contribution in [0.4, 0.5) is 16.3 Å². The minimum absolute atomic E-state index is 0.188. The normalized spacial score (nSPS) is 10.6. The molecule has 3 aromatic heterocycles. The number of fused-ring (bicyclic) bond motifs is 1. The maximum absolute atomic E-state index is 13.2. The van der Waals surface area contributed by atoms with Gasteiger partial charge in [0.05, 0.1) is 37.4 Å². The van der Waals surface area contributed by atoms with Crippen LogP contribution in [0.15, 0.2) is 67.1 Å². The van der Waals surface area contributed by atoms with Crippen LogP contribution in [0.5, 0.6) is 5.75 Å². The van der Waals surface area contributed by atoms with Crippen molar-refractivity contribution in [2.75, 3.05) is 31.5 Å². The summed E-state index contributed by atoms with van der Waals surface area (Å²) in [6, 6.07) is 14.3. The zero-order valence-electron chi connectivity index (χ0n) is 17.8. The predicted octanol–water partition coefficient (Wildman–Crippen LogP) is 3.86. The van der Waals surface area contributed by atoms with E-state index in [4.69, 9.17) is 4.74 Å². The molecule has 0 aliphatic rings. The number of para-hydroxylation sites is 2. The van der Waals surface area contributed by atoms with E-state index >= 15 is 0 Å². The molecule has 0 bridgehead atoms. The van der Waals surface area contributed by atoms with Crippen molar-refractivity contribution in [3.8, 4) is 17.0 Å². The quantitative estimate of drug-likeness (QED) is 0.515. The van der Waals surface area contributed by atoms with Gasteiger partial charge in [0, 0.05) is 25.0 Å². The Kier molecular flexibility index (Phi) is 5.71. The van der Waals surface area contributed by atoms with Crippen molar-refractivity contribution in [3.63, 3.8) is 0 Å². The van der Waals surface area contributed by atoms with Crippen LogP contribution in [0.3, 0.4) is 0 Å². The molecular weight excluding hydrogens is 410 g/mol. The van der Waals surface area contributed by atoms with Gasteiger partial charge in [-0.2, -0.15) is 0 Å². The van der Waals surface area contributed by atoms with E-state index in [1.165, 1.54) is 7.11 Å². The number of hydrogen-bond acceptors (Lipinski definition) is 6. The summed E-state index contributed by atoms with van der Waals surface area (Å²) in [6.07, 6.45) is 4.47. The van der Waals surface area contributed by atoms with Gasteiger partial charge in [-0.05, 0) is 36.4 Å². The Morgan fingerprint density at radius 2 is 1.81 bits per heavy atom. The number of carbonyl (C=O) groups excluding carboxylic acids is 2. The van der Waals surface area contributed by atoms with Crippen LogP contribution in [-0.4, -0.2) is 47.6 Å². The number of rotatable bonds is 5. The molecular formula is C23H21N5O4. The average Bonchev–Trinajstić information content (AvgIpc) is 3.26. The summed E-state index contributed by atoms with van der Waals surface area (Å²) >= 11 is 0. The highest BCUT2D eigenvalue weighted by Gasteiger charge is 2.18. The van der Waals surface area contributed by atoms with Crippen molar-refractivity contribution >= 4 is 29.2 Å². The Balaban J connectivity index is 1.65. The zero-order valence-corrected chi connectivity index (χ0v) is 17.8. The van der Waals surface area contributed by atoms with Crippen molar-refractivity contribution in [2.45, 2.75) is 0 Å². The van der Waals surface area contributed by atoms with Crippen LogP contribution >= 0.6 is 0 Å². The van der Waals surface area contributed by atoms with Crippen LogP contribution < -0.4 is 15.0 Å². The summed E-state index contributed by atoms with van der Waals surface area (Å²) < 4.78 is 11.8. The summed E-state index contributed by atoms with van der Waals surface area (Å²) in [4.78, 5) is 34.7. The summed E-state index contributed by atoms with van der Waals surface area (Å²) in [5, 5.41) is 2.51. The fraction of sp³-hybridized carbons (Fsp3) is 0.130. The van der Waals surface area contributed by atoms with Crippen molar-refractivity contribution in [1.29, 1.82) is 0 Å². The summed E-state index contributed by atoms with van der Waals surface area (Å²) in [5.41, 5.74) is 3.38. The first-order valence-electron chi connectivity index (χ1n) is 9.71. The highest BCUT2D eigenvalue weighted by atomic mass is 16.5. The van der Waals surface area contributed by atoms with Crippen molar-refractivity contribution in [2.24, 2.45) is 0 Å². The Labute approximate surface area is 184 Å². The van der Waals surface area contributed by atoms with Gasteiger partial charge >= 0.3 is 6.09 Å². The maximum atomic E-state index is 13.2. The Morgan fingerprint density at radius 1 is 1.00 bits per heavy atom. The highest BCUT2D eigenvalue weighted by molar-refractivity contribution is 6.06. The molecule has 0 aliphatic heterocycles. The number of nitrogens with one attached hydrogen (secondary N) is 1. The number of pyridine rings is 2. The van der Waals surface area contributed by atoms with Gasteiger partial charge in [-0.15, -0.1) is 0 Å². The average molecular weight is 431 g/mol. The van der Waals surface area contributed by atoms with Crippen molar-refractivity contribution < 1.29 is 19.1 Å². The molecule has 3 heterocycles. The van der Waals surface area contributed by atoms with Crippen molar-refractivity contribution in [3.05, 3.63) is 72.7 Å². The lowest BCUT2D eigenvalue weighted by Gasteiger charge is -2.20. The Hall–Kier alpha value is -4.40. The molecule has 0 unspecified atom stereocenters. The van der Waals surface area contributed by atoms with Crippen LogP contribution in [0.2, 0.25) is 0 Å². The lowest BCUT2D eigenvalue weighted by molar-refractivity contribution is 0.0992. The van der Waals surface area contributed by atoms with Crippen molar-refractivity contribution in [1.82, 2.24) is 14.4 Å². The third kappa shape index (κ3) is 3.95. The van der Waals surface area contributed by atoms with Crippen LogP contribution in [-0.2, 0) is 4.74 Å². The third-order valence-corrected chi connectivity index (χ3v) is 4.98. The van der Waals surface area contributed by atoms with Gasteiger partial charge in [0.1, 0.15) is 17.2 Å². The van der Waals surface area contributed by atoms with E-state index in [-0.39, 0.29) is 5.91 Å². The molecule has 32 heavy (non-hydrogen) atoms. The number of anilines is 2. The Morgan fingerprint density at radius 3 is 2.53 bits per heavy atom. The third-order valence-electron chi connectivity index (χ3n) is 4.98. The first kappa shape index (κ1) is 20.9. The molecule has 0 fully saturated rings. The molecule has 162 valence electrons. The molecule has 2 amide bonds. The highest BCUT2D eigenvalue weighted by Crippen LogP contribution is 2.28. The smallest absolute Gasteiger partial charge is 0.412 e. The van der Waals surface area contributed by atoms with Crippen LogP contribution in [0.1, 0.15) is 10.4 Å². The van der Waals surface area contributed by atoms with Gasteiger partial charge in [0.2, 0.25) is 0 Å². The minimum Gasteiger partial charge on any atom is -0.495 e. The monoisotopic (exact) mass is 431 g/mol. The summed E-state index contributed by atoms with van der Waals surface area (Å²) in [7, 11) is 4.56. The number of methoxy groups -OCH3 is 2. The number of nitrogens with zero attached hydrogens (tertiary/aromatic N) is 4. The molecule has 9 heteroatoms. The van der Waals surface area contributed by atoms with Gasteiger partial charge < -0.3 is 14.4 Å². The lowest BCUT2D eigenvalue weighted by atomic mass is 10.2. The fourth-order valence-corrected chi connectivity index (χ4v) is 3.31. The molecule has 4 rings (SSSR count). The first-order valence-corrected chi connectivity index (χ1v) is 9.71. The Bertz CT molecular complexity index is 1280. The van der Waals surface area contributed by atoms with Gasteiger partial charge in [-0.25, -0.2) is 14.8 Å². The lowest BCUT2D eigenvalue weighted by Crippen LogP contribution is -2.26. The van der Waals surface area contributed by atoms with Crippen LogP contribution in [0, 0.1) is 0 Å². The number of aromatic nitrogens is 3. The molecule has 0 saturated heterocycles. The van der Waals surface area contributed by atoms with E-state index in [9.17, 15) is 9.59 Å². The number of imidazole rings is 1. The number of amides is 2. The van der Waals surface area contributed by atoms with E-state index in [1.54, 1.807) is 61.9 Å². The molecule has 0 atom stereocenters. The van der Waals surface area contributed by atoms with E-state index in [1.807, 2.05) is 28.7 Å². The number of hydrogen-bond donors (Lipinski definition) is 1. The second-order valence-electron chi connectivity index (χ2n) is 6.87. The molecule has 0 spiro atoms. The number of benzene rings is 1. The van der Waals surface area contributed by atoms with E-state index in [0.29, 0.717) is 28.5 Å². The largest absolute Gasteiger partial charge is 0.495 e. The van der Waals surface area contributed by atoms with E-state index in [0.717, 1.165) is 11.3 Å². The minimum atomic E-state index is -0.595. The van der Waals surface area contributed by atoms with E-state index in [2.05, 4.69) is 20.0 Å². The molecule has 1 N–H and O–H groups in total. The number of ether oxygens (including phenoxy) is 2. The molecule has 0 saturated carbocycles. The second-order valence-corrected chi connectivity index (χ2v) is 6.87.